The highest BCUT2D eigenvalue weighted by molar-refractivity contribution is 5.58. The first-order valence-corrected chi connectivity index (χ1v) is 9.48. The molecular formula is C21H16F6N4O. The summed E-state index contributed by atoms with van der Waals surface area (Å²) in [6.45, 7) is 0.197. The second kappa shape index (κ2) is 8.30. The van der Waals surface area contributed by atoms with Crippen LogP contribution in [-0.4, -0.2) is 16.6 Å². The van der Waals surface area contributed by atoms with E-state index in [4.69, 9.17) is 4.84 Å². The Labute approximate surface area is 178 Å². The van der Waals surface area contributed by atoms with Gasteiger partial charge in [0.25, 0.3) is 0 Å². The number of hydrogen-bond donors (Lipinski definition) is 1. The summed E-state index contributed by atoms with van der Waals surface area (Å²) in [6.07, 6.45) is -8.17. The molecule has 2 heterocycles. The van der Waals surface area contributed by atoms with E-state index in [-0.39, 0.29) is 18.2 Å². The van der Waals surface area contributed by atoms with Crippen molar-refractivity contribution >= 4 is 17.5 Å². The number of hydroxylamine groups is 1. The van der Waals surface area contributed by atoms with Gasteiger partial charge in [-0.25, -0.2) is 10.0 Å². The lowest BCUT2D eigenvalue weighted by molar-refractivity contribution is -0.138. The van der Waals surface area contributed by atoms with Crippen LogP contribution in [0.1, 0.15) is 29.2 Å². The van der Waals surface area contributed by atoms with Crippen molar-refractivity contribution < 1.29 is 31.2 Å². The van der Waals surface area contributed by atoms with Crippen LogP contribution in [0.5, 0.6) is 0 Å². The van der Waals surface area contributed by atoms with Crippen molar-refractivity contribution in [2.45, 2.75) is 24.8 Å². The molecule has 0 radical (unpaired) electrons. The SMILES string of the molecule is FC(F)(F)c1ccc(Nc2ncc(C(F)(F)F)c(N3OCCC3c3ccccc3)n2)cc1. The van der Waals surface area contributed by atoms with Crippen LogP contribution in [0, 0.1) is 0 Å². The van der Waals surface area contributed by atoms with Crippen LogP contribution in [0.2, 0.25) is 0 Å². The number of anilines is 3. The molecule has 168 valence electrons. The summed E-state index contributed by atoms with van der Waals surface area (Å²) in [5.41, 5.74) is -0.994. The number of rotatable bonds is 4. The number of benzene rings is 2. The maximum absolute atomic E-state index is 13.7. The minimum atomic E-state index is -4.74. The first kappa shape index (κ1) is 21.9. The van der Waals surface area contributed by atoms with Gasteiger partial charge in [0, 0.05) is 18.3 Å². The average molecular weight is 454 g/mol. The van der Waals surface area contributed by atoms with E-state index in [9.17, 15) is 26.3 Å². The highest BCUT2D eigenvalue weighted by Gasteiger charge is 2.40. The predicted molar refractivity (Wildman–Crippen MR) is 104 cm³/mol. The third-order valence-corrected chi connectivity index (χ3v) is 4.84. The van der Waals surface area contributed by atoms with Crippen molar-refractivity contribution in [2.24, 2.45) is 0 Å². The van der Waals surface area contributed by atoms with Crippen molar-refractivity contribution in [3.63, 3.8) is 0 Å². The van der Waals surface area contributed by atoms with E-state index in [1.54, 1.807) is 30.3 Å². The van der Waals surface area contributed by atoms with Crippen LogP contribution in [-0.2, 0) is 17.2 Å². The molecule has 0 aliphatic carbocycles. The van der Waals surface area contributed by atoms with Gasteiger partial charge in [-0.2, -0.15) is 31.3 Å². The van der Waals surface area contributed by atoms with E-state index in [1.165, 1.54) is 0 Å². The van der Waals surface area contributed by atoms with Crippen LogP contribution in [0.25, 0.3) is 0 Å². The van der Waals surface area contributed by atoms with E-state index in [0.717, 1.165) is 34.9 Å². The molecule has 3 aromatic rings. The van der Waals surface area contributed by atoms with Gasteiger partial charge in [0.2, 0.25) is 5.95 Å². The van der Waals surface area contributed by atoms with Gasteiger partial charge in [-0.05, 0) is 29.8 Å². The maximum Gasteiger partial charge on any atom is 0.421 e. The van der Waals surface area contributed by atoms with Gasteiger partial charge in [0.15, 0.2) is 5.82 Å². The van der Waals surface area contributed by atoms with Crippen molar-refractivity contribution in [1.29, 1.82) is 0 Å². The highest BCUT2D eigenvalue weighted by atomic mass is 19.4. The van der Waals surface area contributed by atoms with Crippen LogP contribution in [0.4, 0.5) is 43.8 Å². The topological polar surface area (TPSA) is 50.3 Å². The average Bonchev–Trinajstić information content (AvgIpc) is 3.23. The van der Waals surface area contributed by atoms with Crippen molar-refractivity contribution in [1.82, 2.24) is 9.97 Å². The molecule has 2 aromatic carbocycles. The van der Waals surface area contributed by atoms with Crippen LogP contribution in [0.15, 0.2) is 60.8 Å². The first-order chi connectivity index (χ1) is 15.1. The summed E-state index contributed by atoms with van der Waals surface area (Å²) in [7, 11) is 0. The van der Waals surface area contributed by atoms with Crippen LogP contribution >= 0.6 is 0 Å². The molecule has 1 N–H and O–H groups in total. The molecule has 0 amide bonds. The Morgan fingerprint density at radius 3 is 2.22 bits per heavy atom. The Kier molecular flexibility index (Phi) is 5.68. The lowest BCUT2D eigenvalue weighted by Crippen LogP contribution is -2.26. The van der Waals surface area contributed by atoms with E-state index in [1.807, 2.05) is 0 Å². The second-order valence-corrected chi connectivity index (χ2v) is 7.00. The largest absolute Gasteiger partial charge is 0.421 e. The zero-order chi connectivity index (χ0) is 22.9. The summed E-state index contributed by atoms with van der Waals surface area (Å²) in [5.74, 6) is -0.691. The summed E-state index contributed by atoms with van der Waals surface area (Å²) in [6, 6.07) is 12.4. The Hall–Kier alpha value is -3.34. The Bertz CT molecular complexity index is 1070. The second-order valence-electron chi connectivity index (χ2n) is 7.00. The number of nitrogens with one attached hydrogen (secondary N) is 1. The monoisotopic (exact) mass is 454 g/mol. The van der Waals surface area contributed by atoms with Gasteiger partial charge >= 0.3 is 12.4 Å². The molecule has 1 fully saturated rings. The lowest BCUT2D eigenvalue weighted by Gasteiger charge is -2.26. The molecule has 32 heavy (non-hydrogen) atoms. The summed E-state index contributed by atoms with van der Waals surface area (Å²) < 4.78 is 79.2. The smallest absolute Gasteiger partial charge is 0.324 e. The van der Waals surface area contributed by atoms with Crippen molar-refractivity contribution in [2.75, 3.05) is 17.0 Å². The molecule has 1 saturated heterocycles. The normalized spacial score (nSPS) is 16.9. The molecule has 0 spiro atoms. The van der Waals surface area contributed by atoms with Gasteiger partial charge in [-0.3, -0.25) is 4.84 Å². The number of nitrogens with zero attached hydrogens (tertiary/aromatic N) is 3. The highest BCUT2D eigenvalue weighted by Crippen LogP contribution is 2.41. The first-order valence-electron chi connectivity index (χ1n) is 9.48. The molecule has 1 aromatic heterocycles. The molecule has 1 atom stereocenters. The molecule has 11 heteroatoms. The van der Waals surface area contributed by atoms with E-state index < -0.39 is 35.3 Å². The quantitative estimate of drug-likeness (QED) is 0.480. The van der Waals surface area contributed by atoms with Gasteiger partial charge in [0.05, 0.1) is 18.2 Å². The third kappa shape index (κ3) is 4.62. The zero-order valence-corrected chi connectivity index (χ0v) is 16.3. The molecule has 0 bridgehead atoms. The number of hydrogen-bond acceptors (Lipinski definition) is 5. The van der Waals surface area contributed by atoms with Gasteiger partial charge in [-0.1, -0.05) is 30.3 Å². The van der Waals surface area contributed by atoms with Gasteiger partial charge in [-0.15, -0.1) is 0 Å². The van der Waals surface area contributed by atoms with E-state index in [2.05, 4.69) is 15.3 Å². The Morgan fingerprint density at radius 2 is 1.59 bits per heavy atom. The van der Waals surface area contributed by atoms with Crippen LogP contribution in [0.3, 0.4) is 0 Å². The summed E-state index contributed by atoms with van der Waals surface area (Å²) in [5, 5.41) is 3.75. The zero-order valence-electron chi connectivity index (χ0n) is 16.3. The fraction of sp³-hybridized carbons (Fsp3) is 0.238. The predicted octanol–water partition coefficient (Wildman–Crippen LogP) is 6.14. The standard InChI is InChI=1S/C21H16F6N4O/c22-20(23,24)14-6-8-15(9-7-14)29-19-28-12-16(21(25,26)27)18(30-19)31-17(10-11-32-31)13-4-2-1-3-5-13/h1-9,12,17H,10-11H2,(H,28,29,30). The molecule has 1 aliphatic heterocycles. The molecule has 0 saturated carbocycles. The lowest BCUT2D eigenvalue weighted by atomic mass is 10.0. The third-order valence-electron chi connectivity index (χ3n) is 4.84. The fourth-order valence-electron chi connectivity index (χ4n) is 3.33. The number of alkyl halides is 6. The van der Waals surface area contributed by atoms with E-state index >= 15 is 0 Å². The van der Waals surface area contributed by atoms with Crippen molar-refractivity contribution in [3.8, 4) is 0 Å². The summed E-state index contributed by atoms with van der Waals surface area (Å²) in [4.78, 5) is 13.2. The molecule has 1 unspecified atom stereocenters. The molecular weight excluding hydrogens is 438 g/mol. The Balaban J connectivity index is 1.67. The molecule has 5 nitrogen and oxygen atoms in total. The van der Waals surface area contributed by atoms with Gasteiger partial charge in [0.1, 0.15) is 5.56 Å². The number of aromatic nitrogens is 2. The fourth-order valence-corrected chi connectivity index (χ4v) is 3.33. The summed E-state index contributed by atoms with van der Waals surface area (Å²) >= 11 is 0. The molecule has 4 rings (SSSR count). The van der Waals surface area contributed by atoms with Gasteiger partial charge < -0.3 is 5.32 Å². The minimum Gasteiger partial charge on any atom is -0.324 e. The van der Waals surface area contributed by atoms with Crippen LogP contribution < -0.4 is 10.4 Å². The molecule has 1 aliphatic rings. The Morgan fingerprint density at radius 1 is 0.906 bits per heavy atom. The maximum atomic E-state index is 13.7. The minimum absolute atomic E-state index is 0.186. The number of halogens is 6. The van der Waals surface area contributed by atoms with Crippen molar-refractivity contribution in [3.05, 3.63) is 77.5 Å². The van der Waals surface area contributed by atoms with E-state index in [0.29, 0.717) is 12.6 Å².